The van der Waals surface area contributed by atoms with Gasteiger partial charge in [0.05, 0.1) is 11.6 Å². The molecule has 4 heteroatoms. The van der Waals surface area contributed by atoms with Crippen molar-refractivity contribution >= 4 is 11.6 Å². The summed E-state index contributed by atoms with van der Waals surface area (Å²) in [5, 5.41) is 2.55. The average molecular weight is 222 g/mol. The number of rotatable bonds is 2. The first-order valence-electron chi connectivity index (χ1n) is 5.37. The van der Waals surface area contributed by atoms with Crippen molar-refractivity contribution in [1.82, 2.24) is 0 Å². The third-order valence-corrected chi connectivity index (χ3v) is 2.85. The molecule has 3 N–H and O–H groups in total. The number of benzene rings is 1. The summed E-state index contributed by atoms with van der Waals surface area (Å²) in [5.41, 5.74) is 7.58. The Bertz CT molecular complexity index is 443. The largest absolute Gasteiger partial charge is 0.328 e. The Labute approximate surface area is 93.8 Å². The number of amides is 1. The van der Waals surface area contributed by atoms with Crippen LogP contribution in [0.5, 0.6) is 0 Å². The number of fused-ring (bicyclic) bond motifs is 1. The minimum Gasteiger partial charge on any atom is -0.328 e. The molecule has 1 aromatic carbocycles. The summed E-state index contributed by atoms with van der Waals surface area (Å²) < 4.78 is 13.7. The van der Waals surface area contributed by atoms with Crippen molar-refractivity contribution in [3.05, 3.63) is 29.1 Å². The van der Waals surface area contributed by atoms with Crippen molar-refractivity contribution in [2.24, 2.45) is 5.73 Å². The molecule has 1 amide bonds. The fourth-order valence-corrected chi connectivity index (χ4v) is 2.02. The van der Waals surface area contributed by atoms with Crippen molar-refractivity contribution in [2.45, 2.75) is 32.2 Å². The summed E-state index contributed by atoms with van der Waals surface area (Å²) in [7, 11) is 0. The van der Waals surface area contributed by atoms with E-state index in [-0.39, 0.29) is 23.7 Å². The third kappa shape index (κ3) is 1.80. The van der Waals surface area contributed by atoms with Gasteiger partial charge in [0.2, 0.25) is 5.91 Å². The predicted octanol–water partition coefficient (Wildman–Crippen LogP) is 1.77. The molecule has 2 rings (SSSR count). The van der Waals surface area contributed by atoms with Gasteiger partial charge in [0.15, 0.2) is 0 Å². The van der Waals surface area contributed by atoms with Crippen LogP contribution in [0.4, 0.5) is 10.1 Å². The van der Waals surface area contributed by atoms with Gasteiger partial charge in [-0.2, -0.15) is 0 Å². The minimum atomic E-state index is -0.370. The number of hydrogen-bond acceptors (Lipinski definition) is 2. The van der Waals surface area contributed by atoms with Gasteiger partial charge in [0, 0.05) is 6.04 Å². The molecule has 16 heavy (non-hydrogen) atoms. The molecule has 0 fully saturated rings. The van der Waals surface area contributed by atoms with Gasteiger partial charge in [-0.3, -0.25) is 4.79 Å². The molecule has 1 aromatic rings. The van der Waals surface area contributed by atoms with Gasteiger partial charge >= 0.3 is 0 Å². The van der Waals surface area contributed by atoms with Gasteiger partial charge in [0.1, 0.15) is 5.82 Å². The molecule has 2 unspecified atom stereocenters. The zero-order valence-corrected chi connectivity index (χ0v) is 9.38. The lowest BCUT2D eigenvalue weighted by Gasteiger charge is -2.09. The Morgan fingerprint density at radius 3 is 2.88 bits per heavy atom. The molecule has 1 aliphatic rings. The Kier molecular flexibility index (Phi) is 2.68. The maximum atomic E-state index is 13.7. The molecule has 0 aromatic heterocycles. The van der Waals surface area contributed by atoms with Crippen molar-refractivity contribution < 1.29 is 9.18 Å². The topological polar surface area (TPSA) is 55.1 Å². The van der Waals surface area contributed by atoms with Crippen molar-refractivity contribution in [3.63, 3.8) is 0 Å². The number of carbonyl (C=O) groups excluding carboxylic acids is 1. The quantitative estimate of drug-likeness (QED) is 0.801. The monoisotopic (exact) mass is 222 g/mol. The lowest BCUT2D eigenvalue weighted by atomic mass is 9.97. The lowest BCUT2D eigenvalue weighted by Crippen LogP contribution is -2.18. The van der Waals surface area contributed by atoms with E-state index >= 15 is 0 Å². The predicted molar refractivity (Wildman–Crippen MR) is 60.8 cm³/mol. The molecule has 0 radical (unpaired) electrons. The fraction of sp³-hybridized carbons (Fsp3) is 0.417. The smallest absolute Gasteiger partial charge is 0.231 e. The van der Waals surface area contributed by atoms with Crippen molar-refractivity contribution in [3.8, 4) is 0 Å². The number of anilines is 1. The number of carbonyl (C=O) groups is 1. The summed E-state index contributed by atoms with van der Waals surface area (Å²) in [6.07, 6.45) is 0.616. The van der Waals surface area contributed by atoms with Gasteiger partial charge in [-0.1, -0.05) is 6.07 Å². The maximum Gasteiger partial charge on any atom is 0.231 e. The van der Waals surface area contributed by atoms with Crippen LogP contribution >= 0.6 is 0 Å². The van der Waals surface area contributed by atoms with Crippen LogP contribution in [-0.2, 0) is 11.2 Å². The van der Waals surface area contributed by atoms with E-state index in [9.17, 15) is 9.18 Å². The van der Waals surface area contributed by atoms with Crippen LogP contribution in [0, 0.1) is 5.82 Å². The summed E-state index contributed by atoms with van der Waals surface area (Å²) in [5.74, 6) is -0.796. The van der Waals surface area contributed by atoms with E-state index in [2.05, 4.69) is 5.32 Å². The molecule has 0 spiro atoms. The van der Waals surface area contributed by atoms with Crippen molar-refractivity contribution in [2.75, 3.05) is 5.32 Å². The maximum absolute atomic E-state index is 13.7. The second kappa shape index (κ2) is 3.87. The number of nitrogens with one attached hydrogen (secondary N) is 1. The first-order valence-corrected chi connectivity index (χ1v) is 5.37. The Balaban J connectivity index is 2.42. The first-order chi connectivity index (χ1) is 7.49. The van der Waals surface area contributed by atoms with Crippen LogP contribution in [0.2, 0.25) is 0 Å². The van der Waals surface area contributed by atoms with E-state index in [4.69, 9.17) is 5.73 Å². The molecule has 1 heterocycles. The van der Waals surface area contributed by atoms with Crippen LogP contribution in [0.1, 0.15) is 30.9 Å². The molecule has 0 aliphatic carbocycles. The van der Waals surface area contributed by atoms with E-state index in [0.717, 1.165) is 11.1 Å². The molecule has 1 aliphatic heterocycles. The highest BCUT2D eigenvalue weighted by molar-refractivity contribution is 6.02. The van der Waals surface area contributed by atoms with Gasteiger partial charge in [0.25, 0.3) is 0 Å². The van der Waals surface area contributed by atoms with Crippen LogP contribution in [0.15, 0.2) is 12.1 Å². The molecular formula is C12H15FN2O. The number of nitrogens with two attached hydrogens (primary N) is 1. The van der Waals surface area contributed by atoms with Crippen LogP contribution in [-0.4, -0.2) is 11.9 Å². The second-order valence-electron chi connectivity index (χ2n) is 4.43. The summed E-state index contributed by atoms with van der Waals surface area (Å²) >= 11 is 0. The molecule has 2 atom stereocenters. The zero-order valence-electron chi connectivity index (χ0n) is 9.38. The molecule has 3 nitrogen and oxygen atoms in total. The highest BCUT2D eigenvalue weighted by Gasteiger charge is 2.29. The van der Waals surface area contributed by atoms with Gasteiger partial charge in [-0.05, 0) is 37.5 Å². The zero-order chi connectivity index (χ0) is 11.9. The number of halogens is 1. The fourth-order valence-electron chi connectivity index (χ4n) is 2.02. The summed E-state index contributed by atoms with van der Waals surface area (Å²) in [4.78, 5) is 11.4. The Morgan fingerprint density at radius 1 is 1.56 bits per heavy atom. The highest BCUT2D eigenvalue weighted by atomic mass is 19.1. The van der Waals surface area contributed by atoms with E-state index in [1.165, 1.54) is 6.07 Å². The van der Waals surface area contributed by atoms with E-state index in [1.807, 2.05) is 13.0 Å². The van der Waals surface area contributed by atoms with Crippen LogP contribution in [0.25, 0.3) is 0 Å². The molecule has 0 saturated heterocycles. The lowest BCUT2D eigenvalue weighted by molar-refractivity contribution is -0.116. The van der Waals surface area contributed by atoms with Crippen molar-refractivity contribution in [1.29, 1.82) is 0 Å². The molecule has 0 saturated carbocycles. The summed E-state index contributed by atoms with van der Waals surface area (Å²) in [6.45, 7) is 3.65. The van der Waals surface area contributed by atoms with Gasteiger partial charge in [-0.15, -0.1) is 0 Å². The van der Waals surface area contributed by atoms with E-state index < -0.39 is 0 Å². The minimum absolute atomic E-state index is 0.0159. The third-order valence-electron chi connectivity index (χ3n) is 2.85. The number of hydrogen-bond donors (Lipinski definition) is 2. The molecule has 0 bridgehead atoms. The average Bonchev–Trinajstić information content (AvgIpc) is 2.45. The Morgan fingerprint density at radius 2 is 2.25 bits per heavy atom. The van der Waals surface area contributed by atoms with Gasteiger partial charge in [-0.25, -0.2) is 4.39 Å². The second-order valence-corrected chi connectivity index (χ2v) is 4.43. The Hall–Kier alpha value is -1.42. The van der Waals surface area contributed by atoms with Crippen LogP contribution in [0.3, 0.4) is 0 Å². The van der Waals surface area contributed by atoms with Gasteiger partial charge < -0.3 is 11.1 Å². The standard InChI is InChI=1S/C12H15FN2O/c1-6(14)3-8-4-9-7(2)12(16)15-11(9)10(13)5-8/h4-7H,3,14H2,1-2H3,(H,15,16). The highest BCUT2D eigenvalue weighted by Crippen LogP contribution is 2.35. The normalized spacial score (nSPS) is 20.5. The van der Waals surface area contributed by atoms with E-state index in [1.54, 1.807) is 6.92 Å². The molecule has 86 valence electrons. The SMILES string of the molecule is CC(N)Cc1cc(F)c2c(c1)C(C)C(=O)N2. The van der Waals surface area contributed by atoms with Crippen LogP contribution < -0.4 is 11.1 Å². The molecular weight excluding hydrogens is 207 g/mol. The van der Waals surface area contributed by atoms with E-state index in [0.29, 0.717) is 12.1 Å². The summed E-state index contributed by atoms with van der Waals surface area (Å²) in [6, 6.07) is 3.29. The first kappa shape index (κ1) is 11.1.